The first kappa shape index (κ1) is 14.1. The Kier molecular flexibility index (Phi) is 5.86. The van der Waals surface area contributed by atoms with Gasteiger partial charge in [0.25, 0.3) is 0 Å². The molecule has 0 atom stereocenters. The molecule has 0 aliphatic heterocycles. The van der Waals surface area contributed by atoms with Gasteiger partial charge in [-0.25, -0.2) is 0 Å². The summed E-state index contributed by atoms with van der Waals surface area (Å²) in [6, 6.07) is 0.385. The van der Waals surface area contributed by atoms with E-state index in [1.165, 1.54) is 0 Å². The highest BCUT2D eigenvalue weighted by atomic mass is 31.2. The minimum atomic E-state index is -3.96. The highest BCUT2D eigenvalue weighted by Gasteiger charge is 2.22. The standard InChI is InChI=1S/C8H21N2O3P/c1-6(2)9-8(10-7(3)4)5-14(11,12)13/h6-10H,5H2,1-4H3,(H2,11,12,13). The third-order valence-corrected chi connectivity index (χ3v) is 2.33. The molecule has 0 bridgehead atoms. The predicted octanol–water partition coefficient (Wildman–Crippen LogP) is 0.486. The lowest BCUT2D eigenvalue weighted by atomic mass is 10.3. The minimum Gasteiger partial charge on any atom is -0.324 e. The lowest BCUT2D eigenvalue weighted by Gasteiger charge is -2.24. The lowest BCUT2D eigenvalue weighted by Crippen LogP contribution is -2.50. The van der Waals surface area contributed by atoms with Crippen molar-refractivity contribution in [1.82, 2.24) is 10.6 Å². The van der Waals surface area contributed by atoms with Crippen molar-refractivity contribution in [3.63, 3.8) is 0 Å². The average Bonchev–Trinajstić information content (AvgIpc) is 1.77. The van der Waals surface area contributed by atoms with Gasteiger partial charge in [0.15, 0.2) is 0 Å². The van der Waals surface area contributed by atoms with Gasteiger partial charge in [0.05, 0.1) is 12.3 Å². The molecule has 5 nitrogen and oxygen atoms in total. The summed E-state index contributed by atoms with van der Waals surface area (Å²) >= 11 is 0. The molecule has 0 unspecified atom stereocenters. The summed E-state index contributed by atoms with van der Waals surface area (Å²) in [6.45, 7) is 7.76. The van der Waals surface area contributed by atoms with E-state index in [0.717, 1.165) is 0 Å². The van der Waals surface area contributed by atoms with E-state index >= 15 is 0 Å². The molecular weight excluding hydrogens is 203 g/mol. The lowest BCUT2D eigenvalue weighted by molar-refractivity contribution is 0.337. The second-order valence-electron chi connectivity index (χ2n) is 4.04. The Morgan fingerprint density at radius 3 is 1.64 bits per heavy atom. The predicted molar refractivity (Wildman–Crippen MR) is 57.2 cm³/mol. The van der Waals surface area contributed by atoms with E-state index in [1.807, 2.05) is 27.7 Å². The maximum atomic E-state index is 10.8. The van der Waals surface area contributed by atoms with Crippen LogP contribution < -0.4 is 10.6 Å². The Morgan fingerprint density at radius 2 is 1.43 bits per heavy atom. The Bertz CT molecular complexity index is 193. The number of hydrogen-bond acceptors (Lipinski definition) is 3. The van der Waals surface area contributed by atoms with E-state index in [0.29, 0.717) is 0 Å². The smallest absolute Gasteiger partial charge is 0.324 e. The Labute approximate surface area is 85.4 Å². The van der Waals surface area contributed by atoms with E-state index in [4.69, 9.17) is 9.79 Å². The summed E-state index contributed by atoms with van der Waals surface area (Å²) in [5, 5.41) is 6.13. The van der Waals surface area contributed by atoms with E-state index in [2.05, 4.69) is 10.6 Å². The largest absolute Gasteiger partial charge is 0.328 e. The summed E-state index contributed by atoms with van der Waals surface area (Å²) < 4.78 is 10.8. The van der Waals surface area contributed by atoms with Crippen molar-refractivity contribution in [3.05, 3.63) is 0 Å². The van der Waals surface area contributed by atoms with E-state index in [9.17, 15) is 4.57 Å². The van der Waals surface area contributed by atoms with Crippen molar-refractivity contribution in [1.29, 1.82) is 0 Å². The summed E-state index contributed by atoms with van der Waals surface area (Å²) in [5.74, 6) is 0. The number of hydrogen-bond donors (Lipinski definition) is 4. The van der Waals surface area contributed by atoms with Crippen molar-refractivity contribution in [2.75, 3.05) is 6.16 Å². The van der Waals surface area contributed by atoms with Gasteiger partial charge in [-0.2, -0.15) is 0 Å². The summed E-state index contributed by atoms with van der Waals surface area (Å²) in [4.78, 5) is 17.7. The van der Waals surface area contributed by atoms with Gasteiger partial charge in [-0.05, 0) is 27.7 Å². The van der Waals surface area contributed by atoms with Crippen LogP contribution in [-0.2, 0) is 4.57 Å². The molecule has 0 spiro atoms. The van der Waals surface area contributed by atoms with Crippen LogP contribution >= 0.6 is 7.60 Å². The second-order valence-corrected chi connectivity index (χ2v) is 5.74. The van der Waals surface area contributed by atoms with Gasteiger partial charge in [0, 0.05) is 12.1 Å². The fourth-order valence-electron chi connectivity index (χ4n) is 1.20. The molecule has 0 amide bonds. The maximum absolute atomic E-state index is 10.8. The molecular formula is C8H21N2O3P. The molecule has 0 aliphatic rings. The fraction of sp³-hybridized carbons (Fsp3) is 1.00. The zero-order valence-electron chi connectivity index (χ0n) is 9.19. The van der Waals surface area contributed by atoms with Crippen molar-refractivity contribution >= 4 is 7.60 Å². The molecule has 0 saturated heterocycles. The van der Waals surface area contributed by atoms with Crippen molar-refractivity contribution in [2.45, 2.75) is 45.9 Å². The normalized spacial score (nSPS) is 13.2. The Balaban J connectivity index is 4.18. The van der Waals surface area contributed by atoms with Crippen molar-refractivity contribution in [2.24, 2.45) is 0 Å². The molecule has 0 radical (unpaired) electrons. The van der Waals surface area contributed by atoms with E-state index in [1.54, 1.807) is 0 Å². The molecule has 14 heavy (non-hydrogen) atoms. The first-order chi connectivity index (χ1) is 6.20. The monoisotopic (exact) mass is 224 g/mol. The van der Waals surface area contributed by atoms with Crippen LogP contribution in [0.3, 0.4) is 0 Å². The highest BCUT2D eigenvalue weighted by Crippen LogP contribution is 2.34. The molecule has 0 heterocycles. The Morgan fingerprint density at radius 1 is 1.07 bits per heavy atom. The van der Waals surface area contributed by atoms with E-state index < -0.39 is 7.60 Å². The first-order valence-electron chi connectivity index (χ1n) is 4.77. The summed E-state index contributed by atoms with van der Waals surface area (Å²) in [6.07, 6.45) is -0.514. The first-order valence-corrected chi connectivity index (χ1v) is 6.57. The zero-order valence-corrected chi connectivity index (χ0v) is 10.1. The van der Waals surface area contributed by atoms with E-state index in [-0.39, 0.29) is 24.4 Å². The summed E-state index contributed by atoms with van der Waals surface area (Å²) in [7, 11) is -3.96. The third-order valence-electron chi connectivity index (χ3n) is 1.49. The quantitative estimate of drug-likeness (QED) is 0.390. The van der Waals surface area contributed by atoms with Gasteiger partial charge in [-0.1, -0.05) is 0 Å². The van der Waals surface area contributed by atoms with Crippen LogP contribution in [0.4, 0.5) is 0 Å². The van der Waals surface area contributed by atoms with Crippen LogP contribution in [0.15, 0.2) is 0 Å². The SMILES string of the molecule is CC(C)NC(CP(=O)(O)O)NC(C)C. The molecule has 0 saturated carbocycles. The molecule has 6 heteroatoms. The maximum Gasteiger partial charge on any atom is 0.328 e. The molecule has 0 aromatic carbocycles. The molecule has 0 aliphatic carbocycles. The van der Waals surface area contributed by atoms with Crippen LogP contribution in [0, 0.1) is 0 Å². The van der Waals surface area contributed by atoms with Gasteiger partial charge in [-0.3, -0.25) is 15.2 Å². The fourth-order valence-corrected chi connectivity index (χ4v) is 1.88. The zero-order chi connectivity index (χ0) is 11.4. The van der Waals surface area contributed by atoms with Crippen molar-refractivity contribution in [3.8, 4) is 0 Å². The molecule has 0 fully saturated rings. The Hall–Kier alpha value is 0.0700. The molecule has 0 aromatic heterocycles. The number of rotatable bonds is 6. The van der Waals surface area contributed by atoms with Crippen LogP contribution in [0.1, 0.15) is 27.7 Å². The van der Waals surface area contributed by atoms with Gasteiger partial charge in [-0.15, -0.1) is 0 Å². The minimum absolute atomic E-state index is 0.177. The van der Waals surface area contributed by atoms with Crippen LogP contribution in [-0.4, -0.2) is 34.2 Å². The van der Waals surface area contributed by atoms with Gasteiger partial charge < -0.3 is 9.79 Å². The molecule has 0 aromatic rings. The van der Waals surface area contributed by atoms with Gasteiger partial charge in [0.2, 0.25) is 0 Å². The topological polar surface area (TPSA) is 81.6 Å². The second kappa shape index (κ2) is 5.83. The molecule has 86 valence electrons. The molecule has 0 rings (SSSR count). The van der Waals surface area contributed by atoms with Gasteiger partial charge >= 0.3 is 7.60 Å². The summed E-state index contributed by atoms with van der Waals surface area (Å²) in [5.41, 5.74) is 0. The average molecular weight is 224 g/mol. The third kappa shape index (κ3) is 8.66. The van der Waals surface area contributed by atoms with Gasteiger partial charge in [0.1, 0.15) is 0 Å². The van der Waals surface area contributed by atoms with Crippen LogP contribution in [0.25, 0.3) is 0 Å². The highest BCUT2D eigenvalue weighted by molar-refractivity contribution is 7.51. The molecule has 4 N–H and O–H groups in total. The number of nitrogens with one attached hydrogen (secondary N) is 2. The van der Waals surface area contributed by atoms with Crippen molar-refractivity contribution < 1.29 is 14.4 Å². The van der Waals surface area contributed by atoms with Crippen LogP contribution in [0.2, 0.25) is 0 Å². The van der Waals surface area contributed by atoms with Crippen LogP contribution in [0.5, 0.6) is 0 Å².